The number of anilines is 2. The van der Waals surface area contributed by atoms with Crippen molar-refractivity contribution in [3.05, 3.63) is 61.2 Å². The first-order chi connectivity index (χ1) is 10.7. The quantitative estimate of drug-likeness (QED) is 0.767. The Bertz CT molecular complexity index is 709. The molecule has 110 valence electrons. The molecule has 1 aromatic carbocycles. The van der Waals surface area contributed by atoms with E-state index in [4.69, 9.17) is 20.9 Å². The largest absolute Gasteiger partial charge is 0.456 e. The molecule has 3 aromatic rings. The van der Waals surface area contributed by atoms with Crippen LogP contribution in [0.4, 0.5) is 11.4 Å². The highest BCUT2D eigenvalue weighted by molar-refractivity contribution is 5.44. The Labute approximate surface area is 127 Å². The van der Waals surface area contributed by atoms with Crippen LogP contribution in [-0.4, -0.2) is 9.97 Å². The molecule has 2 aromatic heterocycles. The van der Waals surface area contributed by atoms with Gasteiger partial charge in [0.15, 0.2) is 0 Å². The van der Waals surface area contributed by atoms with Gasteiger partial charge in [-0.3, -0.25) is 9.97 Å². The van der Waals surface area contributed by atoms with Gasteiger partial charge in [-0.15, -0.1) is 0 Å². The fourth-order valence-corrected chi connectivity index (χ4v) is 1.83. The summed E-state index contributed by atoms with van der Waals surface area (Å²) < 4.78 is 11.3. The highest BCUT2D eigenvalue weighted by atomic mass is 16.5. The van der Waals surface area contributed by atoms with Crippen molar-refractivity contribution in [3.8, 4) is 23.0 Å². The Hall–Kier alpha value is -3.28. The number of hydrogen-bond acceptors (Lipinski definition) is 6. The van der Waals surface area contributed by atoms with Gasteiger partial charge in [0.05, 0.1) is 36.2 Å². The predicted molar refractivity (Wildman–Crippen MR) is 83.9 cm³/mol. The van der Waals surface area contributed by atoms with E-state index in [-0.39, 0.29) is 0 Å². The number of ether oxygens (including phenoxy) is 2. The van der Waals surface area contributed by atoms with Crippen molar-refractivity contribution >= 4 is 11.4 Å². The van der Waals surface area contributed by atoms with Crippen LogP contribution in [0.2, 0.25) is 0 Å². The molecule has 6 heteroatoms. The Morgan fingerprint density at radius 3 is 1.36 bits per heavy atom. The third kappa shape index (κ3) is 3.43. The first kappa shape index (κ1) is 13.7. The van der Waals surface area contributed by atoms with E-state index in [1.165, 1.54) is 0 Å². The second kappa shape index (κ2) is 6.01. The first-order valence-electron chi connectivity index (χ1n) is 6.56. The van der Waals surface area contributed by atoms with Crippen LogP contribution in [0, 0.1) is 0 Å². The Balaban J connectivity index is 1.70. The predicted octanol–water partition coefficient (Wildman–Crippen LogP) is 3.23. The van der Waals surface area contributed by atoms with Crippen molar-refractivity contribution in [1.82, 2.24) is 9.97 Å². The van der Waals surface area contributed by atoms with Gasteiger partial charge in [-0.25, -0.2) is 0 Å². The minimum absolute atomic E-state index is 0.548. The van der Waals surface area contributed by atoms with Crippen LogP contribution >= 0.6 is 0 Å². The van der Waals surface area contributed by atoms with Crippen LogP contribution in [-0.2, 0) is 0 Å². The molecule has 0 radical (unpaired) electrons. The molecule has 0 unspecified atom stereocenters. The number of benzene rings is 1. The average molecular weight is 294 g/mol. The second-order valence-corrected chi connectivity index (χ2v) is 4.58. The molecule has 0 amide bonds. The summed E-state index contributed by atoms with van der Waals surface area (Å²) in [6, 6.07) is 10.6. The van der Waals surface area contributed by atoms with Gasteiger partial charge in [0, 0.05) is 12.1 Å². The van der Waals surface area contributed by atoms with Gasteiger partial charge in [-0.1, -0.05) is 0 Å². The van der Waals surface area contributed by atoms with Gasteiger partial charge < -0.3 is 20.9 Å². The molecule has 2 heterocycles. The van der Waals surface area contributed by atoms with Crippen molar-refractivity contribution in [3.63, 3.8) is 0 Å². The van der Waals surface area contributed by atoms with Crippen molar-refractivity contribution < 1.29 is 9.47 Å². The van der Waals surface area contributed by atoms with Crippen LogP contribution in [0.3, 0.4) is 0 Å². The number of aromatic nitrogens is 2. The fraction of sp³-hybridized carbons (Fsp3) is 0. The summed E-state index contributed by atoms with van der Waals surface area (Å²) in [7, 11) is 0. The van der Waals surface area contributed by atoms with Gasteiger partial charge in [0.2, 0.25) is 0 Å². The zero-order valence-corrected chi connectivity index (χ0v) is 11.6. The maximum Gasteiger partial charge on any atom is 0.147 e. The number of nitrogens with zero attached hydrogens (tertiary/aromatic N) is 2. The van der Waals surface area contributed by atoms with Crippen molar-refractivity contribution in [2.24, 2.45) is 0 Å². The van der Waals surface area contributed by atoms with Crippen LogP contribution in [0.1, 0.15) is 0 Å². The third-order valence-electron chi connectivity index (χ3n) is 2.76. The van der Waals surface area contributed by atoms with Gasteiger partial charge in [0.25, 0.3) is 0 Å². The molecule has 6 nitrogen and oxygen atoms in total. The van der Waals surface area contributed by atoms with E-state index < -0.39 is 0 Å². The van der Waals surface area contributed by atoms with Crippen LogP contribution in [0.15, 0.2) is 61.2 Å². The van der Waals surface area contributed by atoms with Gasteiger partial charge >= 0.3 is 0 Å². The van der Waals surface area contributed by atoms with E-state index in [0.29, 0.717) is 34.4 Å². The van der Waals surface area contributed by atoms with Crippen molar-refractivity contribution in [2.45, 2.75) is 0 Å². The molecule has 0 saturated carbocycles. The third-order valence-corrected chi connectivity index (χ3v) is 2.76. The molecule has 0 saturated heterocycles. The summed E-state index contributed by atoms with van der Waals surface area (Å²) in [6.07, 6.45) is 6.31. The Morgan fingerprint density at radius 2 is 1.00 bits per heavy atom. The summed E-state index contributed by atoms with van der Waals surface area (Å²) in [5, 5.41) is 0. The zero-order valence-electron chi connectivity index (χ0n) is 11.6. The molecule has 0 bridgehead atoms. The topological polar surface area (TPSA) is 96.3 Å². The van der Waals surface area contributed by atoms with Crippen LogP contribution < -0.4 is 20.9 Å². The summed E-state index contributed by atoms with van der Waals surface area (Å²) in [5.41, 5.74) is 12.4. The summed E-state index contributed by atoms with van der Waals surface area (Å²) in [5.74, 6) is 2.47. The van der Waals surface area contributed by atoms with Crippen molar-refractivity contribution in [1.29, 1.82) is 0 Å². The molecular weight excluding hydrogens is 280 g/mol. The molecule has 0 fully saturated rings. The maximum atomic E-state index is 5.66. The second-order valence-electron chi connectivity index (χ2n) is 4.58. The lowest BCUT2D eigenvalue weighted by Crippen LogP contribution is -1.91. The molecule has 0 spiro atoms. The monoisotopic (exact) mass is 294 g/mol. The SMILES string of the molecule is Nc1cncc(Oc2ccc(Oc3cncc(N)c3)cc2)c1. The highest BCUT2D eigenvalue weighted by Crippen LogP contribution is 2.27. The number of nitrogens with two attached hydrogens (primary N) is 2. The highest BCUT2D eigenvalue weighted by Gasteiger charge is 2.01. The number of pyridine rings is 2. The summed E-state index contributed by atoms with van der Waals surface area (Å²) >= 11 is 0. The molecule has 4 N–H and O–H groups in total. The van der Waals surface area contributed by atoms with Crippen molar-refractivity contribution in [2.75, 3.05) is 11.5 Å². The number of nitrogen functional groups attached to an aromatic ring is 2. The van der Waals surface area contributed by atoms with Crippen LogP contribution in [0.25, 0.3) is 0 Å². The normalized spacial score (nSPS) is 10.2. The first-order valence-corrected chi connectivity index (χ1v) is 6.56. The Kier molecular flexibility index (Phi) is 3.74. The molecule has 22 heavy (non-hydrogen) atoms. The molecule has 0 atom stereocenters. The van der Waals surface area contributed by atoms with Gasteiger partial charge in [-0.05, 0) is 24.3 Å². The zero-order chi connectivity index (χ0) is 15.4. The maximum absolute atomic E-state index is 5.66. The van der Waals surface area contributed by atoms with E-state index >= 15 is 0 Å². The smallest absolute Gasteiger partial charge is 0.147 e. The molecule has 0 aliphatic heterocycles. The van der Waals surface area contributed by atoms with E-state index in [0.717, 1.165) is 0 Å². The number of hydrogen-bond donors (Lipinski definition) is 2. The Morgan fingerprint density at radius 1 is 0.591 bits per heavy atom. The lowest BCUT2D eigenvalue weighted by atomic mass is 10.3. The van der Waals surface area contributed by atoms with E-state index in [2.05, 4.69) is 9.97 Å². The summed E-state index contributed by atoms with van der Waals surface area (Å²) in [6.45, 7) is 0. The molecule has 3 rings (SSSR count). The lowest BCUT2D eigenvalue weighted by molar-refractivity contribution is 0.467. The van der Waals surface area contributed by atoms with Gasteiger partial charge in [0.1, 0.15) is 23.0 Å². The minimum Gasteiger partial charge on any atom is -0.456 e. The molecule has 0 aliphatic rings. The fourth-order valence-electron chi connectivity index (χ4n) is 1.83. The molecule has 0 aliphatic carbocycles. The van der Waals surface area contributed by atoms with Crippen LogP contribution in [0.5, 0.6) is 23.0 Å². The van der Waals surface area contributed by atoms with E-state index in [1.807, 2.05) is 0 Å². The van der Waals surface area contributed by atoms with E-state index in [1.54, 1.807) is 61.2 Å². The lowest BCUT2D eigenvalue weighted by Gasteiger charge is -2.08. The summed E-state index contributed by atoms with van der Waals surface area (Å²) in [4.78, 5) is 7.94. The average Bonchev–Trinajstić information content (AvgIpc) is 2.49. The minimum atomic E-state index is 0.548. The molecular formula is C16H14N4O2. The standard InChI is InChI=1S/C16H14N4O2/c17-11-5-15(9-19-7-11)21-13-1-2-14(4-3-13)22-16-6-12(18)8-20-10-16/h1-10H,17-18H2. The van der Waals surface area contributed by atoms with E-state index in [9.17, 15) is 0 Å². The van der Waals surface area contributed by atoms with Gasteiger partial charge in [-0.2, -0.15) is 0 Å². The number of rotatable bonds is 4.